The molecule has 0 radical (unpaired) electrons. The van der Waals surface area contributed by atoms with Crippen LogP contribution < -0.4 is 10.2 Å². The first-order chi connectivity index (χ1) is 12.2. The Morgan fingerprint density at radius 2 is 1.96 bits per heavy atom. The molecule has 0 bridgehead atoms. The summed E-state index contributed by atoms with van der Waals surface area (Å²) in [6.07, 6.45) is 4.88. The predicted molar refractivity (Wildman–Crippen MR) is 92.3 cm³/mol. The lowest BCUT2D eigenvalue weighted by molar-refractivity contribution is -0.902. The third-order valence-corrected chi connectivity index (χ3v) is 4.33. The van der Waals surface area contributed by atoms with Gasteiger partial charge in [0.25, 0.3) is 11.8 Å². The van der Waals surface area contributed by atoms with E-state index in [-0.39, 0.29) is 11.8 Å². The highest BCUT2D eigenvalue weighted by atomic mass is 16.2. The molecular formula is C18H22N5O2+. The number of aromatic nitrogens is 2. The number of nitrogens with zero attached hydrogens (tertiary/aromatic N) is 3. The molecule has 2 N–H and O–H groups in total. The lowest BCUT2D eigenvalue weighted by Crippen LogP contribution is -3.15. The summed E-state index contributed by atoms with van der Waals surface area (Å²) in [6.45, 7) is 4.64. The van der Waals surface area contributed by atoms with Crippen LogP contribution in [0.5, 0.6) is 0 Å². The van der Waals surface area contributed by atoms with Gasteiger partial charge in [-0.2, -0.15) is 0 Å². The normalized spacial score (nSPS) is 15.0. The molecule has 1 saturated heterocycles. The van der Waals surface area contributed by atoms with E-state index in [1.807, 2.05) is 4.90 Å². The summed E-state index contributed by atoms with van der Waals surface area (Å²) < 4.78 is 0. The SMILES string of the molecule is O=C(NCC[NH+]1CCN(C(=O)c2cccnc2)CC1)c1ccccn1. The number of carbonyl (C=O) groups is 2. The van der Waals surface area contributed by atoms with Gasteiger partial charge in [-0.25, -0.2) is 0 Å². The van der Waals surface area contributed by atoms with Crippen LogP contribution in [0.25, 0.3) is 0 Å². The Bertz CT molecular complexity index is 697. The van der Waals surface area contributed by atoms with E-state index in [2.05, 4.69) is 15.3 Å². The third kappa shape index (κ3) is 4.60. The Hall–Kier alpha value is -2.80. The Morgan fingerprint density at radius 1 is 1.12 bits per heavy atom. The zero-order valence-corrected chi connectivity index (χ0v) is 14.0. The first-order valence-electron chi connectivity index (χ1n) is 8.46. The van der Waals surface area contributed by atoms with Gasteiger partial charge in [0.05, 0.1) is 44.8 Å². The van der Waals surface area contributed by atoms with Crippen molar-refractivity contribution in [2.45, 2.75) is 0 Å². The zero-order chi connectivity index (χ0) is 17.5. The number of piperazine rings is 1. The van der Waals surface area contributed by atoms with Gasteiger partial charge < -0.3 is 15.1 Å². The second-order valence-corrected chi connectivity index (χ2v) is 6.00. The average Bonchev–Trinajstić information content (AvgIpc) is 2.69. The molecule has 0 spiro atoms. The molecule has 2 aromatic rings. The van der Waals surface area contributed by atoms with E-state index in [0.29, 0.717) is 17.8 Å². The summed E-state index contributed by atoms with van der Waals surface area (Å²) in [7, 11) is 0. The number of hydrogen-bond acceptors (Lipinski definition) is 4. The van der Waals surface area contributed by atoms with E-state index in [0.717, 1.165) is 32.7 Å². The Kier molecular flexibility index (Phi) is 5.69. The molecule has 25 heavy (non-hydrogen) atoms. The van der Waals surface area contributed by atoms with Crippen LogP contribution in [-0.2, 0) is 0 Å². The molecular weight excluding hydrogens is 318 g/mol. The predicted octanol–water partition coefficient (Wildman–Crippen LogP) is -0.753. The van der Waals surface area contributed by atoms with Gasteiger partial charge in [0.15, 0.2) is 0 Å². The highest BCUT2D eigenvalue weighted by Gasteiger charge is 2.24. The lowest BCUT2D eigenvalue weighted by atomic mass is 10.2. The van der Waals surface area contributed by atoms with Gasteiger partial charge in [-0.05, 0) is 24.3 Å². The first kappa shape index (κ1) is 17.0. The van der Waals surface area contributed by atoms with Crippen molar-refractivity contribution in [3.8, 4) is 0 Å². The van der Waals surface area contributed by atoms with Crippen LogP contribution in [0.1, 0.15) is 20.8 Å². The monoisotopic (exact) mass is 340 g/mol. The number of nitrogens with one attached hydrogen (secondary N) is 2. The second-order valence-electron chi connectivity index (χ2n) is 6.00. The fourth-order valence-corrected chi connectivity index (χ4v) is 2.89. The van der Waals surface area contributed by atoms with Gasteiger partial charge in [-0.3, -0.25) is 19.6 Å². The van der Waals surface area contributed by atoms with Crippen LogP contribution in [0.4, 0.5) is 0 Å². The fraction of sp³-hybridized carbons (Fsp3) is 0.333. The number of hydrogen-bond donors (Lipinski definition) is 2. The van der Waals surface area contributed by atoms with Crippen LogP contribution in [0, 0.1) is 0 Å². The third-order valence-electron chi connectivity index (χ3n) is 4.33. The highest BCUT2D eigenvalue weighted by molar-refractivity contribution is 5.94. The molecule has 130 valence electrons. The van der Waals surface area contributed by atoms with Crippen molar-refractivity contribution in [3.05, 3.63) is 60.2 Å². The molecule has 7 heteroatoms. The van der Waals surface area contributed by atoms with E-state index in [4.69, 9.17) is 0 Å². The maximum Gasteiger partial charge on any atom is 0.270 e. The Balaban J connectivity index is 1.39. The van der Waals surface area contributed by atoms with Gasteiger partial charge in [-0.1, -0.05) is 6.07 Å². The molecule has 0 aliphatic carbocycles. The molecule has 1 fully saturated rings. The molecule has 0 aromatic carbocycles. The standard InChI is InChI=1S/C18H21N5O2/c24-17(16-5-1-2-7-20-16)21-8-9-22-10-12-23(13-11-22)18(25)15-4-3-6-19-14-15/h1-7,14H,8-13H2,(H,21,24)/p+1. The van der Waals surface area contributed by atoms with E-state index < -0.39 is 0 Å². The number of amides is 2. The van der Waals surface area contributed by atoms with E-state index >= 15 is 0 Å². The van der Waals surface area contributed by atoms with E-state index in [1.165, 1.54) is 4.90 Å². The fourth-order valence-electron chi connectivity index (χ4n) is 2.89. The summed E-state index contributed by atoms with van der Waals surface area (Å²) in [4.78, 5) is 35.6. The van der Waals surface area contributed by atoms with Crippen molar-refractivity contribution in [1.82, 2.24) is 20.2 Å². The van der Waals surface area contributed by atoms with Crippen LogP contribution in [0.15, 0.2) is 48.9 Å². The maximum atomic E-state index is 12.4. The number of pyridine rings is 2. The minimum Gasteiger partial charge on any atom is -0.345 e. The highest BCUT2D eigenvalue weighted by Crippen LogP contribution is 2.03. The molecule has 1 aliphatic rings. The molecule has 1 aliphatic heterocycles. The summed E-state index contributed by atoms with van der Waals surface area (Å²) in [5, 5.41) is 2.89. The van der Waals surface area contributed by atoms with Crippen molar-refractivity contribution < 1.29 is 14.5 Å². The van der Waals surface area contributed by atoms with Crippen molar-refractivity contribution in [3.63, 3.8) is 0 Å². The summed E-state index contributed by atoms with van der Waals surface area (Å²) in [6, 6.07) is 8.85. The van der Waals surface area contributed by atoms with Crippen molar-refractivity contribution in [2.75, 3.05) is 39.3 Å². The quantitative estimate of drug-likeness (QED) is 0.750. The lowest BCUT2D eigenvalue weighted by Gasteiger charge is -2.32. The van der Waals surface area contributed by atoms with Crippen LogP contribution in [0.3, 0.4) is 0 Å². The first-order valence-corrected chi connectivity index (χ1v) is 8.46. The van der Waals surface area contributed by atoms with Crippen molar-refractivity contribution in [2.24, 2.45) is 0 Å². The average molecular weight is 340 g/mol. The molecule has 2 amide bonds. The molecule has 3 heterocycles. The molecule has 3 rings (SSSR count). The number of carbonyl (C=O) groups excluding carboxylic acids is 2. The number of quaternary nitrogens is 1. The summed E-state index contributed by atoms with van der Waals surface area (Å²) >= 11 is 0. The van der Waals surface area contributed by atoms with Gasteiger partial charge in [-0.15, -0.1) is 0 Å². The topological polar surface area (TPSA) is 79.6 Å². The van der Waals surface area contributed by atoms with Gasteiger partial charge in [0, 0.05) is 18.6 Å². The Labute approximate surface area is 146 Å². The molecule has 7 nitrogen and oxygen atoms in total. The second kappa shape index (κ2) is 8.34. The zero-order valence-electron chi connectivity index (χ0n) is 14.0. The molecule has 0 atom stereocenters. The smallest absolute Gasteiger partial charge is 0.270 e. The van der Waals surface area contributed by atoms with Crippen LogP contribution >= 0.6 is 0 Å². The summed E-state index contributed by atoms with van der Waals surface area (Å²) in [5.74, 6) is -0.110. The van der Waals surface area contributed by atoms with Gasteiger partial charge in [0.1, 0.15) is 5.69 Å². The Morgan fingerprint density at radius 3 is 2.64 bits per heavy atom. The van der Waals surface area contributed by atoms with Crippen LogP contribution in [-0.4, -0.2) is 66.0 Å². The minimum atomic E-state index is -0.148. The molecule has 0 saturated carbocycles. The maximum absolute atomic E-state index is 12.4. The van der Waals surface area contributed by atoms with Gasteiger partial charge in [0.2, 0.25) is 0 Å². The van der Waals surface area contributed by atoms with Crippen molar-refractivity contribution >= 4 is 11.8 Å². The summed E-state index contributed by atoms with van der Waals surface area (Å²) in [5.41, 5.74) is 1.07. The molecule has 2 aromatic heterocycles. The van der Waals surface area contributed by atoms with Crippen molar-refractivity contribution in [1.29, 1.82) is 0 Å². The van der Waals surface area contributed by atoms with E-state index in [1.54, 1.807) is 48.9 Å². The number of rotatable bonds is 5. The van der Waals surface area contributed by atoms with Crippen LogP contribution in [0.2, 0.25) is 0 Å². The largest absolute Gasteiger partial charge is 0.345 e. The minimum absolute atomic E-state index is 0.0376. The van der Waals surface area contributed by atoms with E-state index in [9.17, 15) is 9.59 Å². The molecule has 0 unspecified atom stereocenters. The van der Waals surface area contributed by atoms with Gasteiger partial charge >= 0.3 is 0 Å².